The van der Waals surface area contributed by atoms with Crippen molar-refractivity contribution in [1.29, 1.82) is 0 Å². The summed E-state index contributed by atoms with van der Waals surface area (Å²) in [6.07, 6.45) is 4.41. The Kier molecular flexibility index (Phi) is 4.05. The van der Waals surface area contributed by atoms with Gasteiger partial charge >= 0.3 is 5.97 Å². The Morgan fingerprint density at radius 1 is 1.15 bits per heavy atom. The highest BCUT2D eigenvalue weighted by Crippen LogP contribution is 2.40. The van der Waals surface area contributed by atoms with E-state index in [9.17, 15) is 19.5 Å². The van der Waals surface area contributed by atoms with E-state index in [0.29, 0.717) is 22.9 Å². The van der Waals surface area contributed by atoms with Crippen molar-refractivity contribution in [2.75, 3.05) is 0 Å². The van der Waals surface area contributed by atoms with E-state index in [4.69, 9.17) is 0 Å². The molecule has 6 nitrogen and oxygen atoms in total. The second-order valence-electron chi connectivity index (χ2n) is 7.39. The summed E-state index contributed by atoms with van der Waals surface area (Å²) in [5, 5.41) is 10.4. The number of para-hydroxylation sites is 1. The van der Waals surface area contributed by atoms with Crippen LogP contribution in [0.25, 0.3) is 10.9 Å². The van der Waals surface area contributed by atoms with Crippen molar-refractivity contribution in [3.8, 4) is 0 Å². The van der Waals surface area contributed by atoms with Gasteiger partial charge in [-0.3, -0.25) is 9.59 Å². The van der Waals surface area contributed by atoms with Gasteiger partial charge in [-0.15, -0.1) is 0 Å². The maximum atomic E-state index is 13.4. The number of aryl methyl sites for hydroxylation is 1. The number of aromatic nitrogens is 1. The van der Waals surface area contributed by atoms with Crippen molar-refractivity contribution in [2.45, 2.75) is 44.2 Å². The Hall–Kier alpha value is -2.63. The third-order valence-electron chi connectivity index (χ3n) is 5.99. The van der Waals surface area contributed by atoms with Crippen LogP contribution in [0.4, 0.5) is 0 Å². The van der Waals surface area contributed by atoms with Gasteiger partial charge in [0.25, 0.3) is 11.5 Å². The summed E-state index contributed by atoms with van der Waals surface area (Å²) in [6, 6.07) is 7.76. The van der Waals surface area contributed by atoms with Crippen LogP contribution in [0.3, 0.4) is 0 Å². The van der Waals surface area contributed by atoms with Gasteiger partial charge in [0.1, 0.15) is 6.04 Å². The third-order valence-corrected chi connectivity index (χ3v) is 5.99. The van der Waals surface area contributed by atoms with Gasteiger partial charge in [0.05, 0.1) is 11.1 Å². The Morgan fingerprint density at radius 3 is 2.65 bits per heavy atom. The molecule has 1 amide bonds. The minimum Gasteiger partial charge on any atom is -0.480 e. The molecule has 2 fully saturated rings. The molecule has 1 saturated heterocycles. The molecule has 0 bridgehead atoms. The predicted molar refractivity (Wildman–Crippen MR) is 97.1 cm³/mol. The monoisotopic (exact) mass is 354 g/mol. The first-order chi connectivity index (χ1) is 12.5. The molecule has 26 heavy (non-hydrogen) atoms. The number of pyridine rings is 1. The number of hydrogen-bond acceptors (Lipinski definition) is 3. The van der Waals surface area contributed by atoms with Crippen LogP contribution in [0.5, 0.6) is 0 Å². The Labute approximate surface area is 151 Å². The van der Waals surface area contributed by atoms with Crippen LogP contribution in [-0.2, 0) is 11.8 Å². The minimum atomic E-state index is -0.958. The van der Waals surface area contributed by atoms with E-state index >= 15 is 0 Å². The quantitative estimate of drug-likeness (QED) is 0.898. The summed E-state index contributed by atoms with van der Waals surface area (Å²) in [4.78, 5) is 39.1. The first kappa shape index (κ1) is 16.8. The second kappa shape index (κ2) is 6.27. The molecule has 1 saturated carbocycles. The SMILES string of the molecule is Cn1c(=O)cc(C(=O)N2C(C(=O)O)CC3CCCCC32)c2ccccc21. The Balaban J connectivity index is 1.84. The number of aliphatic carboxylic acids is 1. The number of benzene rings is 1. The highest BCUT2D eigenvalue weighted by Gasteiger charge is 2.47. The van der Waals surface area contributed by atoms with Crippen molar-refractivity contribution < 1.29 is 14.7 Å². The molecule has 0 radical (unpaired) electrons. The number of likely N-dealkylation sites (tertiary alicyclic amines) is 1. The standard InChI is InChI=1S/C20H22N2O4/c1-21-16-9-5-3-7-13(16)14(11-18(21)23)19(24)22-15-8-4-2-6-12(15)10-17(22)20(25)26/h3,5,7,9,11-12,15,17H,2,4,6,8,10H2,1H3,(H,25,26). The van der Waals surface area contributed by atoms with Gasteiger partial charge in [0, 0.05) is 24.5 Å². The lowest BCUT2D eigenvalue weighted by Crippen LogP contribution is -2.46. The zero-order chi connectivity index (χ0) is 18.4. The zero-order valence-corrected chi connectivity index (χ0v) is 14.7. The highest BCUT2D eigenvalue weighted by molar-refractivity contribution is 6.07. The normalized spacial score (nSPS) is 25.3. The van der Waals surface area contributed by atoms with Crippen molar-refractivity contribution in [3.63, 3.8) is 0 Å². The number of rotatable bonds is 2. The van der Waals surface area contributed by atoms with Crippen molar-refractivity contribution in [1.82, 2.24) is 9.47 Å². The van der Waals surface area contributed by atoms with Crippen molar-refractivity contribution in [3.05, 3.63) is 46.2 Å². The first-order valence-corrected chi connectivity index (χ1v) is 9.13. The summed E-state index contributed by atoms with van der Waals surface area (Å²) < 4.78 is 1.51. The van der Waals surface area contributed by atoms with Crippen LogP contribution >= 0.6 is 0 Å². The van der Waals surface area contributed by atoms with Gasteiger partial charge in [-0.05, 0) is 31.2 Å². The van der Waals surface area contributed by atoms with Gasteiger partial charge < -0.3 is 14.6 Å². The molecule has 3 unspecified atom stereocenters. The molecule has 2 aromatic rings. The summed E-state index contributed by atoms with van der Waals surface area (Å²) in [7, 11) is 1.67. The van der Waals surface area contributed by atoms with E-state index < -0.39 is 12.0 Å². The molecule has 2 heterocycles. The van der Waals surface area contributed by atoms with Crippen molar-refractivity contribution in [2.24, 2.45) is 13.0 Å². The lowest BCUT2D eigenvalue weighted by molar-refractivity contribution is -0.141. The Bertz CT molecular complexity index is 948. The van der Waals surface area contributed by atoms with Crippen LogP contribution in [-0.4, -0.2) is 38.5 Å². The number of carboxylic acids is 1. The number of hydrogen-bond donors (Lipinski definition) is 1. The molecule has 2 aliphatic rings. The molecule has 3 atom stereocenters. The van der Waals surface area contributed by atoms with E-state index in [2.05, 4.69) is 0 Å². The van der Waals surface area contributed by atoms with Gasteiger partial charge in [-0.2, -0.15) is 0 Å². The number of nitrogens with zero attached hydrogens (tertiary/aromatic N) is 2. The molecular formula is C20H22N2O4. The summed E-state index contributed by atoms with van der Waals surface area (Å²) in [5.41, 5.74) is 0.717. The Morgan fingerprint density at radius 2 is 1.88 bits per heavy atom. The molecule has 1 aromatic heterocycles. The third kappa shape index (κ3) is 2.52. The minimum absolute atomic E-state index is 0.0415. The summed E-state index contributed by atoms with van der Waals surface area (Å²) in [5.74, 6) is -1.05. The van der Waals surface area contributed by atoms with E-state index in [1.807, 2.05) is 18.2 Å². The maximum absolute atomic E-state index is 13.4. The van der Waals surface area contributed by atoms with Crippen LogP contribution in [0, 0.1) is 5.92 Å². The predicted octanol–water partition coefficient (Wildman–Crippen LogP) is 2.40. The van der Waals surface area contributed by atoms with Gasteiger partial charge in [0.2, 0.25) is 0 Å². The molecule has 1 aliphatic heterocycles. The summed E-state index contributed by atoms with van der Waals surface area (Å²) >= 11 is 0. The smallest absolute Gasteiger partial charge is 0.326 e. The van der Waals surface area contributed by atoms with Crippen LogP contribution in [0.1, 0.15) is 42.5 Å². The molecule has 0 spiro atoms. The average Bonchev–Trinajstić information content (AvgIpc) is 3.04. The topological polar surface area (TPSA) is 79.6 Å². The van der Waals surface area contributed by atoms with Crippen LogP contribution < -0.4 is 5.56 Å². The second-order valence-corrected chi connectivity index (χ2v) is 7.39. The molecule has 1 aliphatic carbocycles. The van der Waals surface area contributed by atoms with Gasteiger partial charge in [0.15, 0.2) is 0 Å². The maximum Gasteiger partial charge on any atom is 0.326 e. The van der Waals surface area contributed by atoms with Gasteiger partial charge in [-0.25, -0.2) is 4.79 Å². The van der Waals surface area contributed by atoms with Gasteiger partial charge in [-0.1, -0.05) is 31.0 Å². The first-order valence-electron chi connectivity index (χ1n) is 9.13. The molecule has 6 heteroatoms. The van der Waals surface area contributed by atoms with E-state index in [0.717, 1.165) is 25.7 Å². The van der Waals surface area contributed by atoms with Crippen molar-refractivity contribution >= 4 is 22.8 Å². The number of carbonyl (C=O) groups excluding carboxylic acids is 1. The fourth-order valence-electron chi connectivity index (χ4n) is 4.70. The van der Waals surface area contributed by atoms with E-state index in [1.54, 1.807) is 18.0 Å². The number of carboxylic acid groups (broad SMARTS) is 1. The molecule has 4 rings (SSSR count). The lowest BCUT2D eigenvalue weighted by Gasteiger charge is -2.33. The molecule has 136 valence electrons. The molecule has 1 N–H and O–H groups in total. The van der Waals surface area contributed by atoms with E-state index in [-0.39, 0.29) is 23.4 Å². The number of carbonyl (C=O) groups is 2. The highest BCUT2D eigenvalue weighted by atomic mass is 16.4. The largest absolute Gasteiger partial charge is 0.480 e. The fraction of sp³-hybridized carbons (Fsp3) is 0.450. The van der Waals surface area contributed by atoms with E-state index in [1.165, 1.54) is 10.6 Å². The number of amides is 1. The van der Waals surface area contributed by atoms with Crippen LogP contribution in [0.2, 0.25) is 0 Å². The zero-order valence-electron chi connectivity index (χ0n) is 14.7. The summed E-state index contributed by atoms with van der Waals surface area (Å²) in [6.45, 7) is 0. The fourth-order valence-corrected chi connectivity index (χ4v) is 4.70. The average molecular weight is 354 g/mol. The molecule has 1 aromatic carbocycles. The number of fused-ring (bicyclic) bond motifs is 2. The molecular weight excluding hydrogens is 332 g/mol. The van der Waals surface area contributed by atoms with Crippen LogP contribution in [0.15, 0.2) is 35.1 Å². The lowest BCUT2D eigenvalue weighted by atomic mass is 9.84.